The lowest BCUT2D eigenvalue weighted by molar-refractivity contribution is -0.144. The van der Waals surface area contributed by atoms with Crippen LogP contribution in [0.5, 0.6) is 0 Å². The molecular weight excluding hydrogens is 190 g/mol. The number of carbonyl (C=O) groups is 1. The van der Waals surface area contributed by atoms with Gasteiger partial charge in [-0.05, 0) is 24.8 Å². The molecule has 80 valence electrons. The predicted molar refractivity (Wildman–Crippen MR) is 57.4 cm³/mol. The fourth-order valence-corrected chi connectivity index (χ4v) is 1.94. The maximum absolute atomic E-state index is 11.0. The van der Waals surface area contributed by atoms with Crippen molar-refractivity contribution < 1.29 is 9.90 Å². The summed E-state index contributed by atoms with van der Waals surface area (Å²) in [6.45, 7) is 0. The second-order valence-corrected chi connectivity index (χ2v) is 4.26. The summed E-state index contributed by atoms with van der Waals surface area (Å²) in [6, 6.07) is 9.54. The van der Waals surface area contributed by atoms with Gasteiger partial charge in [-0.15, -0.1) is 0 Å². The van der Waals surface area contributed by atoms with Gasteiger partial charge in [0.15, 0.2) is 0 Å². The summed E-state index contributed by atoms with van der Waals surface area (Å²) in [5.74, 6) is -0.745. The van der Waals surface area contributed by atoms with Gasteiger partial charge in [0, 0.05) is 6.04 Å². The third-order valence-electron chi connectivity index (χ3n) is 3.22. The molecule has 2 rings (SSSR count). The number of nitrogens with two attached hydrogens (primary N) is 1. The smallest absolute Gasteiger partial charge is 0.311 e. The highest BCUT2D eigenvalue weighted by Gasteiger charge is 2.54. The summed E-state index contributed by atoms with van der Waals surface area (Å²) in [7, 11) is 0. The molecule has 1 fully saturated rings. The van der Waals surface area contributed by atoms with Crippen LogP contribution in [0.25, 0.3) is 0 Å². The fraction of sp³-hybridized carbons (Fsp3) is 0.417. The molecule has 3 nitrogen and oxygen atoms in total. The first-order valence-corrected chi connectivity index (χ1v) is 5.18. The number of benzene rings is 1. The second kappa shape index (κ2) is 3.66. The second-order valence-electron chi connectivity index (χ2n) is 4.26. The molecule has 0 bridgehead atoms. The van der Waals surface area contributed by atoms with Crippen LogP contribution in [0.3, 0.4) is 0 Å². The van der Waals surface area contributed by atoms with Crippen LogP contribution in [0.15, 0.2) is 30.3 Å². The standard InChI is InChI=1S/C12H15NO2/c13-10(12(6-7-12)11(14)15)8-9-4-2-1-3-5-9/h1-5,10H,6-8,13H2,(H,14,15). The topological polar surface area (TPSA) is 63.3 Å². The molecule has 1 aromatic carbocycles. The van der Waals surface area contributed by atoms with Gasteiger partial charge in [0.25, 0.3) is 0 Å². The van der Waals surface area contributed by atoms with Crippen LogP contribution in [-0.2, 0) is 11.2 Å². The van der Waals surface area contributed by atoms with Crippen LogP contribution in [0, 0.1) is 5.41 Å². The van der Waals surface area contributed by atoms with Gasteiger partial charge in [0.05, 0.1) is 5.41 Å². The first-order valence-electron chi connectivity index (χ1n) is 5.18. The van der Waals surface area contributed by atoms with E-state index < -0.39 is 11.4 Å². The van der Waals surface area contributed by atoms with Crippen molar-refractivity contribution >= 4 is 5.97 Å². The van der Waals surface area contributed by atoms with Crippen molar-refractivity contribution in [2.75, 3.05) is 0 Å². The van der Waals surface area contributed by atoms with E-state index in [-0.39, 0.29) is 6.04 Å². The Morgan fingerprint density at radius 2 is 2.00 bits per heavy atom. The van der Waals surface area contributed by atoms with Gasteiger partial charge in [-0.2, -0.15) is 0 Å². The minimum Gasteiger partial charge on any atom is -0.481 e. The van der Waals surface area contributed by atoms with Crippen molar-refractivity contribution in [3.8, 4) is 0 Å². The number of aliphatic carboxylic acids is 1. The molecule has 1 atom stereocenters. The van der Waals surface area contributed by atoms with Gasteiger partial charge in [-0.1, -0.05) is 30.3 Å². The van der Waals surface area contributed by atoms with Crippen LogP contribution in [0.1, 0.15) is 18.4 Å². The molecule has 0 heterocycles. The predicted octanol–water partition coefficient (Wildman–Crippen LogP) is 1.42. The van der Waals surface area contributed by atoms with Gasteiger partial charge < -0.3 is 10.8 Å². The monoisotopic (exact) mass is 205 g/mol. The Kier molecular flexibility index (Phi) is 2.49. The zero-order valence-corrected chi connectivity index (χ0v) is 8.52. The Balaban J connectivity index is 2.05. The Morgan fingerprint density at radius 3 is 2.47 bits per heavy atom. The molecule has 0 spiro atoms. The molecule has 1 aliphatic rings. The minimum atomic E-state index is -0.745. The van der Waals surface area contributed by atoms with Crippen molar-refractivity contribution in [1.29, 1.82) is 0 Å². The molecule has 1 saturated carbocycles. The average molecular weight is 205 g/mol. The summed E-state index contributed by atoms with van der Waals surface area (Å²) < 4.78 is 0. The zero-order valence-electron chi connectivity index (χ0n) is 8.52. The molecule has 15 heavy (non-hydrogen) atoms. The maximum atomic E-state index is 11.0. The molecule has 0 radical (unpaired) electrons. The van der Waals surface area contributed by atoms with Crippen molar-refractivity contribution in [2.45, 2.75) is 25.3 Å². The van der Waals surface area contributed by atoms with E-state index in [1.54, 1.807) is 0 Å². The van der Waals surface area contributed by atoms with E-state index in [2.05, 4.69) is 0 Å². The van der Waals surface area contributed by atoms with Crippen LogP contribution in [-0.4, -0.2) is 17.1 Å². The summed E-state index contributed by atoms with van der Waals surface area (Å²) >= 11 is 0. The third-order valence-corrected chi connectivity index (χ3v) is 3.22. The highest BCUT2D eigenvalue weighted by atomic mass is 16.4. The number of hydrogen-bond donors (Lipinski definition) is 2. The van der Waals surface area contributed by atoms with E-state index in [0.29, 0.717) is 6.42 Å². The molecule has 0 aromatic heterocycles. The van der Waals surface area contributed by atoms with Crippen molar-refractivity contribution in [3.63, 3.8) is 0 Å². The van der Waals surface area contributed by atoms with Crippen LogP contribution < -0.4 is 5.73 Å². The van der Waals surface area contributed by atoms with E-state index in [1.165, 1.54) is 0 Å². The van der Waals surface area contributed by atoms with Gasteiger partial charge in [-0.3, -0.25) is 4.79 Å². The maximum Gasteiger partial charge on any atom is 0.311 e. The Labute approximate surface area is 88.9 Å². The molecule has 1 aliphatic carbocycles. The van der Waals surface area contributed by atoms with E-state index in [9.17, 15) is 4.79 Å². The lowest BCUT2D eigenvalue weighted by atomic mass is 9.91. The van der Waals surface area contributed by atoms with Crippen LogP contribution >= 0.6 is 0 Å². The molecule has 0 saturated heterocycles. The van der Waals surface area contributed by atoms with E-state index in [4.69, 9.17) is 10.8 Å². The van der Waals surface area contributed by atoms with Gasteiger partial charge >= 0.3 is 5.97 Å². The Morgan fingerprint density at radius 1 is 1.40 bits per heavy atom. The number of carboxylic acids is 1. The normalized spacial score (nSPS) is 19.5. The number of carboxylic acid groups (broad SMARTS) is 1. The summed E-state index contributed by atoms with van der Waals surface area (Å²) in [5, 5.41) is 9.07. The van der Waals surface area contributed by atoms with Gasteiger partial charge in [0.1, 0.15) is 0 Å². The SMILES string of the molecule is NC(Cc1ccccc1)C1(C(=O)O)CC1. The first kappa shape index (κ1) is 10.2. The lowest BCUT2D eigenvalue weighted by Crippen LogP contribution is -2.39. The van der Waals surface area contributed by atoms with Gasteiger partial charge in [-0.25, -0.2) is 0 Å². The van der Waals surface area contributed by atoms with E-state index in [0.717, 1.165) is 18.4 Å². The average Bonchev–Trinajstić information content (AvgIpc) is 2.99. The molecule has 0 amide bonds. The molecular formula is C12H15NO2. The molecule has 3 heteroatoms. The zero-order chi connectivity index (χ0) is 10.9. The quantitative estimate of drug-likeness (QED) is 0.781. The van der Waals surface area contributed by atoms with Gasteiger partial charge in [0.2, 0.25) is 0 Å². The molecule has 1 aromatic rings. The molecule has 1 unspecified atom stereocenters. The highest BCUT2D eigenvalue weighted by molar-refractivity contribution is 5.78. The van der Waals surface area contributed by atoms with Crippen LogP contribution in [0.4, 0.5) is 0 Å². The number of hydrogen-bond acceptors (Lipinski definition) is 2. The number of rotatable bonds is 4. The van der Waals surface area contributed by atoms with Crippen molar-refractivity contribution in [1.82, 2.24) is 0 Å². The minimum absolute atomic E-state index is 0.266. The fourth-order valence-electron chi connectivity index (χ4n) is 1.94. The largest absolute Gasteiger partial charge is 0.481 e. The molecule has 0 aliphatic heterocycles. The van der Waals surface area contributed by atoms with E-state index >= 15 is 0 Å². The van der Waals surface area contributed by atoms with Crippen molar-refractivity contribution in [3.05, 3.63) is 35.9 Å². The summed E-state index contributed by atoms with van der Waals surface area (Å²) in [5.41, 5.74) is 6.43. The highest BCUT2D eigenvalue weighted by Crippen LogP contribution is 2.48. The third kappa shape index (κ3) is 1.88. The molecule has 3 N–H and O–H groups in total. The van der Waals surface area contributed by atoms with E-state index in [1.807, 2.05) is 30.3 Å². The van der Waals surface area contributed by atoms with Crippen LogP contribution in [0.2, 0.25) is 0 Å². The summed E-state index contributed by atoms with van der Waals surface area (Å²) in [4.78, 5) is 11.0. The first-order chi connectivity index (χ1) is 7.15. The van der Waals surface area contributed by atoms with Crippen molar-refractivity contribution in [2.24, 2.45) is 11.1 Å². The lowest BCUT2D eigenvalue weighted by Gasteiger charge is -2.18. The summed E-state index contributed by atoms with van der Waals surface area (Å²) in [6.07, 6.45) is 2.08. The Hall–Kier alpha value is -1.35. The Bertz CT molecular complexity index is 357.